The number of anilines is 1. The first-order valence-electron chi connectivity index (χ1n) is 6.77. The average Bonchev–Trinajstić information content (AvgIpc) is 2.83. The number of rotatable bonds is 4. The third-order valence-corrected chi connectivity index (χ3v) is 5.17. The van der Waals surface area contributed by atoms with Crippen LogP contribution in [0, 0.1) is 10.1 Å². The van der Waals surface area contributed by atoms with Gasteiger partial charge in [-0.3, -0.25) is 10.1 Å². The van der Waals surface area contributed by atoms with E-state index in [0.29, 0.717) is 9.88 Å². The van der Waals surface area contributed by atoms with Crippen LogP contribution in [0.4, 0.5) is 10.7 Å². The summed E-state index contributed by atoms with van der Waals surface area (Å²) in [5.74, 6) is 0. The third kappa shape index (κ3) is 3.11. The molecule has 1 aliphatic heterocycles. The zero-order valence-corrected chi connectivity index (χ0v) is 12.9. The first kappa shape index (κ1) is 15.2. The molecule has 2 heterocycles. The highest BCUT2D eigenvalue weighted by Gasteiger charge is 2.29. The molecule has 1 saturated heterocycles. The number of nitro groups is 1. The Morgan fingerprint density at radius 2 is 2.35 bits per heavy atom. The highest BCUT2D eigenvalue weighted by atomic mass is 32.1. The number of aliphatic hydroxyl groups is 1. The Bertz CT molecular complexity index is 489. The van der Waals surface area contributed by atoms with E-state index in [-0.39, 0.29) is 16.7 Å². The molecule has 1 N–H and O–H groups in total. The Hall–Kier alpha value is -1.18. The standard InChI is InChI=1S/C13H21N3O3S/c1-9(17)12-7-11(16(18)19)13(20-12)15(3)10-5-4-6-14(2)8-10/h7,9-10,17H,4-6,8H2,1-3H3/t9-,10?/m0/s1. The van der Waals surface area contributed by atoms with E-state index in [4.69, 9.17) is 0 Å². The first-order chi connectivity index (χ1) is 9.40. The van der Waals surface area contributed by atoms with E-state index in [9.17, 15) is 15.2 Å². The van der Waals surface area contributed by atoms with Crippen molar-refractivity contribution in [2.45, 2.75) is 31.9 Å². The van der Waals surface area contributed by atoms with E-state index in [1.54, 1.807) is 6.92 Å². The monoisotopic (exact) mass is 299 g/mol. The zero-order valence-electron chi connectivity index (χ0n) is 12.1. The molecule has 0 bridgehead atoms. The normalized spacial score (nSPS) is 21.7. The highest BCUT2D eigenvalue weighted by Crippen LogP contribution is 2.41. The molecule has 0 radical (unpaired) electrons. The molecule has 0 amide bonds. The van der Waals surface area contributed by atoms with Crippen LogP contribution in [0.2, 0.25) is 0 Å². The Morgan fingerprint density at radius 1 is 1.65 bits per heavy atom. The van der Waals surface area contributed by atoms with Gasteiger partial charge in [0.15, 0.2) is 5.00 Å². The van der Waals surface area contributed by atoms with Gasteiger partial charge in [-0.15, -0.1) is 11.3 Å². The fraction of sp³-hybridized carbons (Fsp3) is 0.692. The number of likely N-dealkylation sites (N-methyl/N-ethyl adjacent to an activating group) is 2. The number of likely N-dealkylation sites (tertiary alicyclic amines) is 1. The number of nitrogens with zero attached hydrogens (tertiary/aromatic N) is 3. The SMILES string of the molecule is C[C@H](O)c1cc([N+](=O)[O-])c(N(C)C2CCCN(C)C2)s1. The Labute approximate surface area is 122 Å². The Balaban J connectivity index is 2.27. The van der Waals surface area contributed by atoms with Crippen LogP contribution in [-0.4, -0.2) is 48.2 Å². The van der Waals surface area contributed by atoms with Gasteiger partial charge in [-0.05, 0) is 33.4 Å². The number of thiophene rings is 1. The molecule has 1 aliphatic rings. The second-order valence-electron chi connectivity index (χ2n) is 5.44. The van der Waals surface area contributed by atoms with Crippen LogP contribution >= 0.6 is 11.3 Å². The van der Waals surface area contributed by atoms with Crippen LogP contribution in [0.25, 0.3) is 0 Å². The smallest absolute Gasteiger partial charge is 0.304 e. The molecular formula is C13H21N3O3S. The summed E-state index contributed by atoms with van der Waals surface area (Å²) in [6.45, 7) is 3.62. The van der Waals surface area contributed by atoms with Crippen LogP contribution in [0.3, 0.4) is 0 Å². The predicted molar refractivity (Wildman–Crippen MR) is 80.5 cm³/mol. The van der Waals surface area contributed by atoms with Gasteiger partial charge in [0.1, 0.15) is 0 Å². The number of aliphatic hydroxyl groups excluding tert-OH is 1. The van der Waals surface area contributed by atoms with Crippen LogP contribution in [0.15, 0.2) is 6.07 Å². The molecule has 2 atom stereocenters. The van der Waals surface area contributed by atoms with Gasteiger partial charge in [-0.1, -0.05) is 0 Å². The molecular weight excluding hydrogens is 278 g/mol. The molecule has 1 aromatic heterocycles. The predicted octanol–water partition coefficient (Wildman–Crippen LogP) is 2.24. The fourth-order valence-corrected chi connectivity index (χ4v) is 3.70. The van der Waals surface area contributed by atoms with Crippen LogP contribution in [0.5, 0.6) is 0 Å². The van der Waals surface area contributed by atoms with Crippen molar-refractivity contribution in [2.24, 2.45) is 0 Å². The summed E-state index contributed by atoms with van der Waals surface area (Å²) >= 11 is 1.31. The van der Waals surface area contributed by atoms with Gasteiger partial charge in [0, 0.05) is 30.6 Å². The number of hydrogen-bond donors (Lipinski definition) is 1. The molecule has 2 rings (SSSR count). The quantitative estimate of drug-likeness (QED) is 0.682. The largest absolute Gasteiger partial charge is 0.388 e. The molecule has 0 spiro atoms. The summed E-state index contributed by atoms with van der Waals surface area (Å²) in [4.78, 5) is 15.7. The summed E-state index contributed by atoms with van der Waals surface area (Å²) in [5, 5.41) is 21.5. The summed E-state index contributed by atoms with van der Waals surface area (Å²) in [6, 6.07) is 1.78. The second kappa shape index (κ2) is 6.07. The minimum Gasteiger partial charge on any atom is -0.388 e. The van der Waals surface area contributed by atoms with Gasteiger partial charge < -0.3 is 14.9 Å². The van der Waals surface area contributed by atoms with E-state index >= 15 is 0 Å². The van der Waals surface area contributed by atoms with Gasteiger partial charge in [-0.25, -0.2) is 0 Å². The highest BCUT2D eigenvalue weighted by molar-refractivity contribution is 7.16. The maximum absolute atomic E-state index is 11.2. The van der Waals surface area contributed by atoms with Crippen molar-refractivity contribution >= 4 is 22.0 Å². The van der Waals surface area contributed by atoms with Crippen molar-refractivity contribution in [1.29, 1.82) is 0 Å². The maximum atomic E-state index is 11.2. The summed E-state index contributed by atoms with van der Waals surface area (Å²) in [5.41, 5.74) is 0.0987. The lowest BCUT2D eigenvalue weighted by Gasteiger charge is -2.36. The maximum Gasteiger partial charge on any atom is 0.304 e. The molecule has 112 valence electrons. The lowest BCUT2D eigenvalue weighted by atomic mass is 10.1. The molecule has 6 nitrogen and oxygen atoms in total. The summed E-state index contributed by atoms with van der Waals surface area (Å²) in [7, 11) is 3.98. The van der Waals surface area contributed by atoms with E-state index in [1.165, 1.54) is 17.4 Å². The number of piperidine rings is 1. The van der Waals surface area contributed by atoms with Crippen LogP contribution < -0.4 is 4.90 Å². The third-order valence-electron chi connectivity index (χ3n) is 3.79. The van der Waals surface area contributed by atoms with Gasteiger partial charge in [0.2, 0.25) is 0 Å². The number of hydrogen-bond acceptors (Lipinski definition) is 6. The van der Waals surface area contributed by atoms with Gasteiger partial charge in [0.05, 0.1) is 11.0 Å². The van der Waals surface area contributed by atoms with E-state index in [1.807, 2.05) is 11.9 Å². The summed E-state index contributed by atoms with van der Waals surface area (Å²) in [6.07, 6.45) is 1.48. The Morgan fingerprint density at radius 3 is 2.90 bits per heavy atom. The van der Waals surface area contributed by atoms with Crippen molar-refractivity contribution in [3.63, 3.8) is 0 Å². The fourth-order valence-electron chi connectivity index (χ4n) is 2.60. The van der Waals surface area contributed by atoms with Crippen LogP contribution in [0.1, 0.15) is 30.7 Å². The molecule has 1 unspecified atom stereocenters. The first-order valence-corrected chi connectivity index (χ1v) is 7.59. The molecule has 1 aromatic rings. The van der Waals surface area contributed by atoms with Crippen molar-refractivity contribution in [2.75, 3.05) is 32.1 Å². The zero-order chi connectivity index (χ0) is 14.9. The van der Waals surface area contributed by atoms with Crippen molar-refractivity contribution in [1.82, 2.24) is 4.90 Å². The summed E-state index contributed by atoms with van der Waals surface area (Å²) < 4.78 is 0. The molecule has 0 aliphatic carbocycles. The lowest BCUT2D eigenvalue weighted by molar-refractivity contribution is -0.383. The molecule has 0 aromatic carbocycles. The van der Waals surface area contributed by atoms with Gasteiger partial charge in [0.25, 0.3) is 0 Å². The van der Waals surface area contributed by atoms with Gasteiger partial charge in [-0.2, -0.15) is 0 Å². The second-order valence-corrected chi connectivity index (χ2v) is 6.50. The van der Waals surface area contributed by atoms with Crippen molar-refractivity contribution < 1.29 is 10.0 Å². The Kier molecular flexibility index (Phi) is 4.62. The van der Waals surface area contributed by atoms with Crippen molar-refractivity contribution in [3.8, 4) is 0 Å². The lowest BCUT2D eigenvalue weighted by Crippen LogP contribution is -2.44. The minimum atomic E-state index is -0.671. The van der Waals surface area contributed by atoms with E-state index in [2.05, 4.69) is 11.9 Å². The molecule has 0 saturated carbocycles. The topological polar surface area (TPSA) is 69.8 Å². The van der Waals surface area contributed by atoms with Gasteiger partial charge >= 0.3 is 5.69 Å². The van der Waals surface area contributed by atoms with Crippen LogP contribution in [-0.2, 0) is 0 Å². The molecule has 7 heteroatoms. The molecule has 1 fully saturated rings. The minimum absolute atomic E-state index is 0.0987. The molecule has 20 heavy (non-hydrogen) atoms. The van der Waals surface area contributed by atoms with E-state index in [0.717, 1.165) is 25.9 Å². The van der Waals surface area contributed by atoms with Crippen molar-refractivity contribution in [3.05, 3.63) is 21.1 Å². The van der Waals surface area contributed by atoms with E-state index < -0.39 is 6.10 Å². The average molecular weight is 299 g/mol.